The van der Waals surface area contributed by atoms with Crippen LogP contribution in [0.25, 0.3) is 11.1 Å². The first-order valence-electron chi connectivity index (χ1n) is 11.1. The summed E-state index contributed by atoms with van der Waals surface area (Å²) >= 11 is 0. The molecule has 30 heavy (non-hydrogen) atoms. The maximum Gasteiger partial charge on any atom is 0.345 e. The highest BCUT2D eigenvalue weighted by Crippen LogP contribution is 2.37. The van der Waals surface area contributed by atoms with Crippen molar-refractivity contribution >= 4 is 11.4 Å². The Morgan fingerprint density at radius 1 is 0.700 bits per heavy atom. The van der Waals surface area contributed by atoms with Crippen molar-refractivity contribution in [2.24, 2.45) is 0 Å². The Balaban J connectivity index is 1.55. The van der Waals surface area contributed by atoms with Crippen molar-refractivity contribution in [1.29, 1.82) is 0 Å². The molecule has 0 spiro atoms. The largest absolute Gasteiger partial charge is 0.427 e. The number of rotatable bonds is 3. The van der Waals surface area contributed by atoms with Gasteiger partial charge in [-0.3, -0.25) is 0 Å². The standard InChI is InChI=1S/C26H28N2O2/c29-26-24(20-10-4-1-5-11-20)25(22-14-8-3-9-15-23(22)30-26)28-18-16-27(17-19-28)21-12-6-2-7-13-21/h1-2,4-7,10-13H,3,8-9,14-19H2. The van der Waals surface area contributed by atoms with E-state index in [1.807, 2.05) is 30.3 Å². The van der Waals surface area contributed by atoms with E-state index in [9.17, 15) is 4.79 Å². The van der Waals surface area contributed by atoms with Gasteiger partial charge in [0.15, 0.2) is 0 Å². The summed E-state index contributed by atoms with van der Waals surface area (Å²) in [4.78, 5) is 18.0. The molecule has 0 saturated carbocycles. The molecule has 0 radical (unpaired) electrons. The second kappa shape index (κ2) is 8.39. The molecule has 0 unspecified atom stereocenters. The molecule has 4 nitrogen and oxygen atoms in total. The minimum atomic E-state index is -0.192. The lowest BCUT2D eigenvalue weighted by Crippen LogP contribution is -2.47. The lowest BCUT2D eigenvalue weighted by molar-refractivity contribution is 0.453. The van der Waals surface area contributed by atoms with Crippen LogP contribution in [0.4, 0.5) is 11.4 Å². The van der Waals surface area contributed by atoms with Gasteiger partial charge in [0.25, 0.3) is 0 Å². The number of fused-ring (bicyclic) bond motifs is 1. The molecule has 2 aliphatic rings. The number of hydrogen-bond donors (Lipinski definition) is 0. The van der Waals surface area contributed by atoms with Gasteiger partial charge in [-0.25, -0.2) is 4.79 Å². The van der Waals surface area contributed by atoms with Gasteiger partial charge in [0.1, 0.15) is 5.76 Å². The molecular formula is C26H28N2O2. The molecule has 2 aromatic carbocycles. The lowest BCUT2D eigenvalue weighted by Gasteiger charge is -2.39. The first-order chi connectivity index (χ1) is 14.8. The molecule has 2 heterocycles. The topological polar surface area (TPSA) is 36.7 Å². The SMILES string of the molecule is O=c1oc2c(c(N3CCN(c4ccccc4)CC3)c1-c1ccccc1)CCCCC2. The zero-order valence-electron chi connectivity index (χ0n) is 17.3. The summed E-state index contributed by atoms with van der Waals surface area (Å²) in [5.41, 5.74) is 5.17. The number of aryl methyl sites for hydroxylation is 1. The van der Waals surface area contributed by atoms with Gasteiger partial charge < -0.3 is 14.2 Å². The zero-order chi connectivity index (χ0) is 20.3. The van der Waals surface area contributed by atoms with Gasteiger partial charge in [-0.2, -0.15) is 0 Å². The molecule has 0 amide bonds. The van der Waals surface area contributed by atoms with Gasteiger partial charge in [0.05, 0.1) is 11.3 Å². The second-order valence-electron chi connectivity index (χ2n) is 8.25. The lowest BCUT2D eigenvalue weighted by atomic mass is 9.97. The van der Waals surface area contributed by atoms with Crippen LogP contribution < -0.4 is 15.4 Å². The van der Waals surface area contributed by atoms with E-state index in [1.54, 1.807) is 0 Å². The molecule has 4 heteroatoms. The molecule has 3 aromatic rings. The van der Waals surface area contributed by atoms with Crippen LogP contribution in [0.1, 0.15) is 30.6 Å². The summed E-state index contributed by atoms with van der Waals surface area (Å²) < 4.78 is 5.89. The predicted octanol–water partition coefficient (Wildman–Crippen LogP) is 4.90. The van der Waals surface area contributed by atoms with Crippen LogP contribution in [0, 0.1) is 0 Å². The van der Waals surface area contributed by atoms with Gasteiger partial charge in [-0.05, 0) is 37.0 Å². The second-order valence-corrected chi connectivity index (χ2v) is 8.25. The van der Waals surface area contributed by atoms with E-state index in [1.165, 1.54) is 17.7 Å². The van der Waals surface area contributed by atoms with Gasteiger partial charge in [0, 0.05) is 43.9 Å². The number of benzene rings is 2. The highest BCUT2D eigenvalue weighted by molar-refractivity contribution is 5.80. The highest BCUT2D eigenvalue weighted by atomic mass is 16.4. The van der Waals surface area contributed by atoms with Crippen LogP contribution in [0.15, 0.2) is 69.9 Å². The van der Waals surface area contributed by atoms with E-state index in [4.69, 9.17) is 4.42 Å². The Morgan fingerprint density at radius 2 is 1.33 bits per heavy atom. The molecule has 154 valence electrons. The Labute approximate surface area is 177 Å². The molecule has 5 rings (SSSR count). The normalized spacial score (nSPS) is 16.8. The molecule has 1 aromatic heterocycles. The average Bonchev–Trinajstić information content (AvgIpc) is 3.05. The van der Waals surface area contributed by atoms with Crippen LogP contribution in [-0.4, -0.2) is 26.2 Å². The minimum Gasteiger partial charge on any atom is -0.427 e. The third kappa shape index (κ3) is 3.62. The molecule has 1 aliphatic carbocycles. The molecule has 1 aliphatic heterocycles. The van der Waals surface area contributed by atoms with E-state index in [-0.39, 0.29) is 5.63 Å². The van der Waals surface area contributed by atoms with E-state index < -0.39 is 0 Å². The van der Waals surface area contributed by atoms with E-state index >= 15 is 0 Å². The Kier molecular flexibility index (Phi) is 5.31. The maximum absolute atomic E-state index is 13.1. The molecular weight excluding hydrogens is 372 g/mol. The van der Waals surface area contributed by atoms with Crippen LogP contribution in [0.2, 0.25) is 0 Å². The highest BCUT2D eigenvalue weighted by Gasteiger charge is 2.28. The van der Waals surface area contributed by atoms with Gasteiger partial charge in [-0.15, -0.1) is 0 Å². The number of nitrogens with zero attached hydrogens (tertiary/aromatic N) is 2. The van der Waals surface area contributed by atoms with Crippen molar-refractivity contribution in [3.63, 3.8) is 0 Å². The van der Waals surface area contributed by atoms with Crippen LogP contribution >= 0.6 is 0 Å². The minimum absolute atomic E-state index is 0.192. The summed E-state index contributed by atoms with van der Waals surface area (Å²) in [7, 11) is 0. The third-order valence-corrected chi connectivity index (χ3v) is 6.39. The smallest absolute Gasteiger partial charge is 0.345 e. The fraction of sp³-hybridized carbons (Fsp3) is 0.346. The average molecular weight is 401 g/mol. The number of hydrogen-bond acceptors (Lipinski definition) is 4. The van der Waals surface area contributed by atoms with E-state index in [0.29, 0.717) is 0 Å². The Hall–Kier alpha value is -3.01. The monoisotopic (exact) mass is 400 g/mol. The van der Waals surface area contributed by atoms with Crippen molar-refractivity contribution in [3.05, 3.63) is 82.4 Å². The molecule has 0 atom stereocenters. The maximum atomic E-state index is 13.1. The van der Waals surface area contributed by atoms with Crippen LogP contribution in [0.5, 0.6) is 0 Å². The fourth-order valence-electron chi connectivity index (χ4n) is 4.86. The summed E-state index contributed by atoms with van der Waals surface area (Å²) in [5, 5.41) is 0. The summed E-state index contributed by atoms with van der Waals surface area (Å²) in [6, 6.07) is 20.6. The zero-order valence-corrected chi connectivity index (χ0v) is 17.3. The van der Waals surface area contributed by atoms with Crippen molar-refractivity contribution in [2.45, 2.75) is 32.1 Å². The van der Waals surface area contributed by atoms with Crippen molar-refractivity contribution < 1.29 is 4.42 Å². The summed E-state index contributed by atoms with van der Waals surface area (Å²) in [6.45, 7) is 3.72. The van der Waals surface area contributed by atoms with E-state index in [2.05, 4.69) is 40.1 Å². The van der Waals surface area contributed by atoms with Crippen molar-refractivity contribution in [2.75, 3.05) is 36.0 Å². The number of para-hydroxylation sites is 1. The van der Waals surface area contributed by atoms with Crippen molar-refractivity contribution in [3.8, 4) is 11.1 Å². The summed E-state index contributed by atoms with van der Waals surface area (Å²) in [5.74, 6) is 0.915. The van der Waals surface area contributed by atoms with Gasteiger partial charge in [-0.1, -0.05) is 55.0 Å². The van der Waals surface area contributed by atoms with Gasteiger partial charge in [0.2, 0.25) is 0 Å². The molecule has 1 saturated heterocycles. The van der Waals surface area contributed by atoms with E-state index in [0.717, 1.165) is 74.4 Å². The first-order valence-corrected chi connectivity index (χ1v) is 11.1. The van der Waals surface area contributed by atoms with Gasteiger partial charge >= 0.3 is 5.63 Å². The third-order valence-electron chi connectivity index (χ3n) is 6.39. The summed E-state index contributed by atoms with van der Waals surface area (Å²) in [6.07, 6.45) is 5.32. The predicted molar refractivity (Wildman–Crippen MR) is 123 cm³/mol. The van der Waals surface area contributed by atoms with Crippen molar-refractivity contribution in [1.82, 2.24) is 0 Å². The molecule has 0 N–H and O–H groups in total. The Bertz CT molecular complexity index is 1050. The quantitative estimate of drug-likeness (QED) is 0.586. The van der Waals surface area contributed by atoms with Crippen LogP contribution in [0.3, 0.4) is 0 Å². The number of anilines is 2. The first kappa shape index (κ1) is 19.0. The van der Waals surface area contributed by atoms with Crippen LogP contribution in [-0.2, 0) is 12.8 Å². The molecule has 1 fully saturated rings. The number of piperazine rings is 1. The Morgan fingerprint density at radius 3 is 2.07 bits per heavy atom. The molecule has 0 bridgehead atoms. The fourth-order valence-corrected chi connectivity index (χ4v) is 4.86.